The monoisotopic (exact) mass is 301 g/mol. The maximum atomic E-state index is 11.9. The fraction of sp³-hybridized carbons (Fsp3) is 0.0588. The van der Waals surface area contributed by atoms with Crippen LogP contribution in [0.2, 0.25) is 0 Å². The van der Waals surface area contributed by atoms with E-state index >= 15 is 0 Å². The summed E-state index contributed by atoms with van der Waals surface area (Å²) in [5, 5.41) is 30.5. The number of nitrogens with zero attached hydrogens (tertiary/aromatic N) is 3. The van der Waals surface area contributed by atoms with E-state index in [0.29, 0.717) is 16.8 Å². The maximum absolute atomic E-state index is 11.9. The number of dihydropyridines is 1. The fourth-order valence-electron chi connectivity index (χ4n) is 2.39. The average molecular weight is 301 g/mol. The van der Waals surface area contributed by atoms with E-state index in [1.165, 1.54) is 0 Å². The highest BCUT2D eigenvalue weighted by Gasteiger charge is 2.29. The van der Waals surface area contributed by atoms with Gasteiger partial charge in [0.15, 0.2) is 5.57 Å². The second-order valence-electron chi connectivity index (χ2n) is 4.69. The smallest absolute Gasteiger partial charge is 0.251 e. The van der Waals surface area contributed by atoms with Crippen molar-refractivity contribution in [1.82, 2.24) is 5.32 Å². The van der Waals surface area contributed by atoms with Crippen LogP contribution in [0.25, 0.3) is 5.57 Å². The molecule has 0 bridgehead atoms. The molecule has 0 saturated heterocycles. The Morgan fingerprint density at radius 2 is 1.74 bits per heavy atom. The number of carbonyl (C=O) groups excluding carboxylic acids is 1. The van der Waals surface area contributed by atoms with Crippen LogP contribution in [0.5, 0.6) is 0 Å². The van der Waals surface area contributed by atoms with Crippen molar-refractivity contribution in [1.29, 1.82) is 15.8 Å². The second-order valence-corrected chi connectivity index (χ2v) is 4.69. The largest absolute Gasteiger partial charge is 0.366 e. The molecular weight excluding hydrogens is 290 g/mol. The first-order valence-electron chi connectivity index (χ1n) is 6.57. The summed E-state index contributed by atoms with van der Waals surface area (Å²) in [6, 6.07) is 14.2. The number of amides is 1. The lowest BCUT2D eigenvalue weighted by molar-refractivity contribution is -0.114. The van der Waals surface area contributed by atoms with E-state index in [1.807, 2.05) is 6.07 Å². The van der Waals surface area contributed by atoms with Gasteiger partial charge in [-0.05, 0) is 12.5 Å². The molecule has 6 nitrogen and oxygen atoms in total. The highest BCUT2D eigenvalue weighted by molar-refractivity contribution is 6.11. The molecule has 6 heteroatoms. The summed E-state index contributed by atoms with van der Waals surface area (Å²) in [5.74, 6) is -0.698. The summed E-state index contributed by atoms with van der Waals surface area (Å²) < 4.78 is 0. The van der Waals surface area contributed by atoms with Crippen molar-refractivity contribution in [3.63, 3.8) is 0 Å². The number of allylic oxidation sites excluding steroid dienone is 3. The minimum Gasteiger partial charge on any atom is -0.366 e. The van der Waals surface area contributed by atoms with Gasteiger partial charge in [-0.15, -0.1) is 0 Å². The van der Waals surface area contributed by atoms with E-state index in [-0.39, 0.29) is 22.4 Å². The molecule has 1 aromatic carbocycles. The van der Waals surface area contributed by atoms with Gasteiger partial charge in [-0.3, -0.25) is 4.79 Å². The third-order valence-corrected chi connectivity index (χ3v) is 3.33. The van der Waals surface area contributed by atoms with Crippen LogP contribution in [-0.2, 0) is 4.79 Å². The lowest BCUT2D eigenvalue weighted by atomic mass is 9.86. The molecule has 0 fully saturated rings. The van der Waals surface area contributed by atoms with Crippen molar-refractivity contribution in [3.05, 3.63) is 64.0 Å². The average Bonchev–Trinajstić information content (AvgIpc) is 2.55. The van der Waals surface area contributed by atoms with Crippen LogP contribution in [0, 0.1) is 34.0 Å². The molecule has 1 aromatic rings. The van der Waals surface area contributed by atoms with Gasteiger partial charge in [0.1, 0.15) is 18.2 Å². The number of nitriles is 3. The molecular formula is C17H11N5O. The van der Waals surface area contributed by atoms with Crippen LogP contribution < -0.4 is 11.1 Å². The lowest BCUT2D eigenvalue weighted by Crippen LogP contribution is -2.28. The molecule has 1 aliphatic heterocycles. The Balaban J connectivity index is 2.93. The summed E-state index contributed by atoms with van der Waals surface area (Å²) in [6.07, 6.45) is 0. The van der Waals surface area contributed by atoms with E-state index < -0.39 is 5.91 Å². The van der Waals surface area contributed by atoms with E-state index in [1.54, 1.807) is 49.4 Å². The zero-order valence-corrected chi connectivity index (χ0v) is 12.2. The van der Waals surface area contributed by atoms with Crippen LogP contribution in [-0.4, -0.2) is 5.91 Å². The molecule has 0 spiro atoms. The molecule has 110 valence electrons. The van der Waals surface area contributed by atoms with Gasteiger partial charge in [0.05, 0.1) is 16.8 Å². The zero-order chi connectivity index (χ0) is 17.0. The Hall–Kier alpha value is -3.82. The van der Waals surface area contributed by atoms with Crippen LogP contribution in [0.1, 0.15) is 12.5 Å². The number of hydrogen-bond acceptors (Lipinski definition) is 5. The molecule has 0 radical (unpaired) electrons. The molecule has 0 atom stereocenters. The summed E-state index contributed by atoms with van der Waals surface area (Å²) in [6.45, 7) is 1.60. The van der Waals surface area contributed by atoms with Gasteiger partial charge < -0.3 is 11.1 Å². The zero-order valence-electron chi connectivity index (χ0n) is 12.2. The number of carbonyl (C=O) groups is 1. The van der Waals surface area contributed by atoms with Crippen molar-refractivity contribution >= 4 is 11.5 Å². The number of nitrogens with two attached hydrogens (primary N) is 1. The number of hydrogen-bond donors (Lipinski definition) is 2. The van der Waals surface area contributed by atoms with Gasteiger partial charge in [0.25, 0.3) is 5.91 Å². The number of primary amides is 1. The predicted octanol–water partition coefficient (Wildman–Crippen LogP) is 1.63. The highest BCUT2D eigenvalue weighted by atomic mass is 16.1. The number of rotatable bonds is 2. The number of nitrogens with one attached hydrogen (secondary N) is 1. The van der Waals surface area contributed by atoms with Crippen molar-refractivity contribution in [2.24, 2.45) is 5.73 Å². The minimum atomic E-state index is -0.698. The van der Waals surface area contributed by atoms with E-state index in [2.05, 4.69) is 5.32 Å². The Morgan fingerprint density at radius 3 is 2.22 bits per heavy atom. The van der Waals surface area contributed by atoms with Gasteiger partial charge in [-0.1, -0.05) is 30.3 Å². The van der Waals surface area contributed by atoms with E-state index in [4.69, 9.17) is 16.3 Å². The quantitative estimate of drug-likeness (QED) is 0.802. The van der Waals surface area contributed by atoms with Crippen LogP contribution in [0.3, 0.4) is 0 Å². The van der Waals surface area contributed by atoms with Crippen molar-refractivity contribution in [2.45, 2.75) is 6.92 Å². The Morgan fingerprint density at radius 1 is 1.13 bits per heavy atom. The molecule has 23 heavy (non-hydrogen) atoms. The molecule has 3 N–H and O–H groups in total. The summed E-state index contributed by atoms with van der Waals surface area (Å²) in [7, 11) is 0. The maximum Gasteiger partial charge on any atom is 0.251 e. The van der Waals surface area contributed by atoms with Crippen LogP contribution in [0.4, 0.5) is 0 Å². The van der Waals surface area contributed by atoms with Crippen LogP contribution >= 0.6 is 0 Å². The minimum absolute atomic E-state index is 0.0358. The molecule has 1 aliphatic rings. The molecule has 0 aliphatic carbocycles. The molecule has 0 saturated carbocycles. The van der Waals surface area contributed by atoms with Crippen molar-refractivity contribution in [3.8, 4) is 18.2 Å². The molecule has 0 unspecified atom stereocenters. The first-order valence-corrected chi connectivity index (χ1v) is 6.57. The van der Waals surface area contributed by atoms with Gasteiger partial charge in [-0.2, -0.15) is 15.8 Å². The Labute approximate surface area is 133 Å². The Kier molecular flexibility index (Phi) is 4.27. The van der Waals surface area contributed by atoms with Gasteiger partial charge in [-0.25, -0.2) is 0 Å². The van der Waals surface area contributed by atoms with Crippen molar-refractivity contribution in [2.75, 3.05) is 0 Å². The fourth-order valence-corrected chi connectivity index (χ4v) is 2.39. The molecule has 1 amide bonds. The number of benzene rings is 1. The third kappa shape index (κ3) is 2.68. The molecule has 1 heterocycles. The normalized spacial score (nSPS) is 13.6. The Bertz CT molecular complexity index is 883. The van der Waals surface area contributed by atoms with Crippen LogP contribution in [0.15, 0.2) is 58.4 Å². The third-order valence-electron chi connectivity index (χ3n) is 3.33. The summed E-state index contributed by atoms with van der Waals surface area (Å²) >= 11 is 0. The van der Waals surface area contributed by atoms with Gasteiger partial charge in [0, 0.05) is 11.3 Å². The summed E-state index contributed by atoms with van der Waals surface area (Å²) in [4.78, 5) is 11.9. The summed E-state index contributed by atoms with van der Waals surface area (Å²) in [5.41, 5.74) is 6.80. The standard InChI is InChI=1S/C17H11N5O/c1-10-14(17(21)23)15(11-5-3-2-4-6-11)13(9-20)16(22-10)12(7-18)8-19/h2-6,22H,1H3,(H2,21,23). The first-order chi connectivity index (χ1) is 11.0. The lowest BCUT2D eigenvalue weighted by Gasteiger charge is -2.24. The second kappa shape index (κ2) is 6.30. The SMILES string of the molecule is CC1=C(C(N)=O)C(c2ccccc2)=C(C#N)C(=C(C#N)C#N)N1. The highest BCUT2D eigenvalue weighted by Crippen LogP contribution is 2.35. The van der Waals surface area contributed by atoms with Gasteiger partial charge in [0.2, 0.25) is 0 Å². The van der Waals surface area contributed by atoms with E-state index in [0.717, 1.165) is 0 Å². The molecule has 2 rings (SSSR count). The topological polar surface area (TPSA) is 126 Å². The predicted molar refractivity (Wildman–Crippen MR) is 82.3 cm³/mol. The van der Waals surface area contributed by atoms with Crippen molar-refractivity contribution < 1.29 is 4.79 Å². The molecule has 0 aromatic heterocycles. The van der Waals surface area contributed by atoms with Gasteiger partial charge >= 0.3 is 0 Å². The van der Waals surface area contributed by atoms with E-state index in [9.17, 15) is 10.1 Å². The first kappa shape index (κ1) is 15.6.